The highest BCUT2D eigenvalue weighted by atomic mass is 16.1. The van der Waals surface area contributed by atoms with Crippen LogP contribution in [0.1, 0.15) is 66.2 Å². The van der Waals surface area contributed by atoms with Crippen LogP contribution in [0.3, 0.4) is 0 Å². The van der Waals surface area contributed by atoms with Gasteiger partial charge in [0.1, 0.15) is 5.78 Å². The summed E-state index contributed by atoms with van der Waals surface area (Å²) in [6, 6.07) is 0. The van der Waals surface area contributed by atoms with Crippen LogP contribution >= 0.6 is 0 Å². The quantitative estimate of drug-likeness (QED) is 0.571. The summed E-state index contributed by atoms with van der Waals surface area (Å²) in [5.74, 6) is 1.68. The van der Waals surface area contributed by atoms with Crippen LogP contribution in [0, 0.1) is 11.8 Å². The van der Waals surface area contributed by atoms with Gasteiger partial charge in [-0.3, -0.25) is 4.79 Å². The Morgan fingerprint density at radius 3 is 2.07 bits per heavy atom. The summed E-state index contributed by atoms with van der Waals surface area (Å²) in [7, 11) is 0. The number of hydrogen-bond donors (Lipinski definition) is 0. The summed E-state index contributed by atoms with van der Waals surface area (Å²) in [6.07, 6.45) is 6.27. The minimum Gasteiger partial charge on any atom is -0.300 e. The molecule has 84 valence electrons. The molecule has 0 rings (SSSR count). The molecule has 1 atom stereocenters. The summed E-state index contributed by atoms with van der Waals surface area (Å²) in [5.41, 5.74) is 0. The third-order valence-electron chi connectivity index (χ3n) is 3.03. The van der Waals surface area contributed by atoms with E-state index in [9.17, 15) is 4.79 Å². The van der Waals surface area contributed by atoms with Gasteiger partial charge in [-0.2, -0.15) is 0 Å². The molecular formula is C13H26O. The van der Waals surface area contributed by atoms with Crippen LogP contribution in [-0.4, -0.2) is 5.78 Å². The van der Waals surface area contributed by atoms with Crippen LogP contribution in [-0.2, 0) is 4.79 Å². The number of rotatable bonds is 8. The van der Waals surface area contributed by atoms with E-state index in [-0.39, 0.29) is 0 Å². The van der Waals surface area contributed by atoms with Crippen molar-refractivity contribution >= 4 is 5.78 Å². The molecule has 0 aromatic rings. The number of Topliss-reactive ketones (excluding diaryl/α,β-unsaturated/α-hetero) is 1. The van der Waals surface area contributed by atoms with Gasteiger partial charge in [0, 0.05) is 12.8 Å². The van der Waals surface area contributed by atoms with Crippen LogP contribution in [0.2, 0.25) is 0 Å². The van der Waals surface area contributed by atoms with Crippen LogP contribution < -0.4 is 0 Å². The highest BCUT2D eigenvalue weighted by Gasteiger charge is 2.12. The summed E-state index contributed by atoms with van der Waals surface area (Å²) in [5, 5.41) is 0. The molecule has 0 fully saturated rings. The lowest BCUT2D eigenvalue weighted by Crippen LogP contribution is -2.10. The first-order chi connectivity index (χ1) is 6.63. The molecule has 0 bridgehead atoms. The van der Waals surface area contributed by atoms with Crippen molar-refractivity contribution in [2.75, 3.05) is 0 Å². The smallest absolute Gasteiger partial charge is 0.133 e. The van der Waals surface area contributed by atoms with Crippen LogP contribution in [0.4, 0.5) is 0 Å². The first-order valence-electron chi connectivity index (χ1n) is 6.15. The lowest BCUT2D eigenvalue weighted by atomic mass is 9.91. The first kappa shape index (κ1) is 13.7. The molecule has 1 unspecified atom stereocenters. The van der Waals surface area contributed by atoms with E-state index < -0.39 is 0 Å². The maximum atomic E-state index is 11.7. The molecule has 0 aliphatic heterocycles. The van der Waals surface area contributed by atoms with Crippen LogP contribution in [0.15, 0.2) is 0 Å². The van der Waals surface area contributed by atoms with Gasteiger partial charge >= 0.3 is 0 Å². The molecule has 0 aromatic heterocycles. The molecule has 0 aliphatic carbocycles. The third-order valence-corrected chi connectivity index (χ3v) is 3.03. The predicted octanol–water partition coefficient (Wildman–Crippen LogP) is 4.21. The molecule has 0 heterocycles. The van der Waals surface area contributed by atoms with Crippen molar-refractivity contribution in [2.45, 2.75) is 66.2 Å². The maximum Gasteiger partial charge on any atom is 0.133 e. The second-order valence-corrected chi connectivity index (χ2v) is 4.52. The Morgan fingerprint density at radius 1 is 1.07 bits per heavy atom. The Bertz CT molecular complexity index is 147. The van der Waals surface area contributed by atoms with E-state index >= 15 is 0 Å². The Morgan fingerprint density at radius 2 is 1.64 bits per heavy atom. The highest BCUT2D eigenvalue weighted by molar-refractivity contribution is 5.78. The second kappa shape index (κ2) is 8.02. The zero-order chi connectivity index (χ0) is 11.0. The number of carbonyl (C=O) groups is 1. The van der Waals surface area contributed by atoms with Gasteiger partial charge in [-0.05, 0) is 11.8 Å². The molecule has 1 nitrogen and oxygen atoms in total. The minimum atomic E-state index is 0.472. The Balaban J connectivity index is 3.73. The van der Waals surface area contributed by atoms with Crippen molar-refractivity contribution in [3.63, 3.8) is 0 Å². The minimum absolute atomic E-state index is 0.472. The van der Waals surface area contributed by atoms with Gasteiger partial charge in [0.15, 0.2) is 0 Å². The van der Waals surface area contributed by atoms with E-state index in [1.54, 1.807) is 0 Å². The zero-order valence-electron chi connectivity index (χ0n) is 10.3. The highest BCUT2D eigenvalue weighted by Crippen LogP contribution is 2.17. The summed E-state index contributed by atoms with van der Waals surface area (Å²) >= 11 is 0. The van der Waals surface area contributed by atoms with Gasteiger partial charge in [0.25, 0.3) is 0 Å². The molecule has 0 N–H and O–H groups in total. The molecule has 0 amide bonds. The Labute approximate surface area is 89.3 Å². The third kappa shape index (κ3) is 6.17. The van der Waals surface area contributed by atoms with Gasteiger partial charge in [-0.25, -0.2) is 0 Å². The fourth-order valence-electron chi connectivity index (χ4n) is 1.97. The van der Waals surface area contributed by atoms with E-state index in [0.29, 0.717) is 17.6 Å². The standard InChI is InChI=1S/C13H26O/c1-5-8-11(4)9-13(14)10-12(6-2)7-3/h11-12H,5-10H2,1-4H3. The van der Waals surface area contributed by atoms with Crippen molar-refractivity contribution in [1.82, 2.24) is 0 Å². The monoisotopic (exact) mass is 198 g/mol. The fourth-order valence-corrected chi connectivity index (χ4v) is 1.97. The average Bonchev–Trinajstić information content (AvgIpc) is 2.14. The van der Waals surface area contributed by atoms with Gasteiger partial charge in [0.05, 0.1) is 0 Å². The van der Waals surface area contributed by atoms with E-state index in [4.69, 9.17) is 0 Å². The molecule has 0 saturated carbocycles. The van der Waals surface area contributed by atoms with Crippen LogP contribution in [0.5, 0.6) is 0 Å². The molecule has 0 radical (unpaired) electrons. The number of carbonyl (C=O) groups excluding carboxylic acids is 1. The summed E-state index contributed by atoms with van der Waals surface area (Å²) < 4.78 is 0. The number of ketones is 1. The lowest BCUT2D eigenvalue weighted by molar-refractivity contribution is -0.120. The Hall–Kier alpha value is -0.330. The van der Waals surface area contributed by atoms with Gasteiger partial charge in [0.2, 0.25) is 0 Å². The van der Waals surface area contributed by atoms with Gasteiger partial charge in [-0.15, -0.1) is 0 Å². The number of hydrogen-bond acceptors (Lipinski definition) is 1. The van der Waals surface area contributed by atoms with Gasteiger partial charge in [-0.1, -0.05) is 53.4 Å². The zero-order valence-corrected chi connectivity index (χ0v) is 10.3. The second-order valence-electron chi connectivity index (χ2n) is 4.52. The van der Waals surface area contributed by atoms with Crippen molar-refractivity contribution in [3.8, 4) is 0 Å². The van der Waals surface area contributed by atoms with Crippen molar-refractivity contribution in [2.24, 2.45) is 11.8 Å². The van der Waals surface area contributed by atoms with Crippen molar-refractivity contribution in [1.29, 1.82) is 0 Å². The van der Waals surface area contributed by atoms with E-state index in [1.165, 1.54) is 12.8 Å². The van der Waals surface area contributed by atoms with E-state index in [1.807, 2.05) is 0 Å². The molecule has 14 heavy (non-hydrogen) atoms. The summed E-state index contributed by atoms with van der Waals surface area (Å²) in [4.78, 5) is 11.7. The summed E-state index contributed by atoms with van der Waals surface area (Å²) in [6.45, 7) is 8.73. The first-order valence-corrected chi connectivity index (χ1v) is 6.15. The SMILES string of the molecule is CCCC(C)CC(=O)CC(CC)CC. The molecule has 0 spiro atoms. The molecule has 0 aromatic carbocycles. The topological polar surface area (TPSA) is 17.1 Å². The largest absolute Gasteiger partial charge is 0.300 e. The van der Waals surface area contributed by atoms with E-state index in [0.717, 1.165) is 25.7 Å². The van der Waals surface area contributed by atoms with Crippen LogP contribution in [0.25, 0.3) is 0 Å². The average molecular weight is 198 g/mol. The van der Waals surface area contributed by atoms with Crippen molar-refractivity contribution < 1.29 is 4.79 Å². The lowest BCUT2D eigenvalue weighted by Gasteiger charge is -2.13. The fraction of sp³-hybridized carbons (Fsp3) is 0.923. The molecule has 1 heteroatoms. The molecule has 0 saturated heterocycles. The van der Waals surface area contributed by atoms with E-state index in [2.05, 4.69) is 27.7 Å². The predicted molar refractivity (Wildman–Crippen MR) is 62.4 cm³/mol. The van der Waals surface area contributed by atoms with Gasteiger partial charge < -0.3 is 0 Å². The molecule has 0 aliphatic rings. The van der Waals surface area contributed by atoms with Crippen molar-refractivity contribution in [3.05, 3.63) is 0 Å². The normalized spacial score (nSPS) is 13.2. The maximum absolute atomic E-state index is 11.7. The molecular weight excluding hydrogens is 172 g/mol. The Kier molecular flexibility index (Phi) is 7.83.